The van der Waals surface area contributed by atoms with Crippen LogP contribution in [0.4, 0.5) is 0 Å². The summed E-state index contributed by atoms with van der Waals surface area (Å²) in [6, 6.07) is 0. The Hall–Kier alpha value is -1.07. The molecule has 1 N–H and O–H groups in total. The summed E-state index contributed by atoms with van der Waals surface area (Å²) in [6.07, 6.45) is 1.30. The highest BCUT2D eigenvalue weighted by Crippen LogP contribution is 2.29. The number of Topliss-reactive ketones (excluding diaryl/α,β-unsaturated/α-hetero) is 1. The Morgan fingerprint density at radius 3 is 2.59 bits per heavy atom. The molecule has 0 radical (unpaired) electrons. The van der Waals surface area contributed by atoms with Crippen molar-refractivity contribution in [3.05, 3.63) is 22.4 Å². The van der Waals surface area contributed by atoms with E-state index in [2.05, 4.69) is 18.5 Å². The third-order valence-corrected chi connectivity index (χ3v) is 3.32. The number of nitrogens with one attached hydrogen (secondary N) is 1. The highest BCUT2D eigenvalue weighted by Gasteiger charge is 2.39. The van der Waals surface area contributed by atoms with Crippen molar-refractivity contribution in [1.82, 2.24) is 5.32 Å². The van der Waals surface area contributed by atoms with Gasteiger partial charge < -0.3 is 10.1 Å². The van der Waals surface area contributed by atoms with Gasteiger partial charge in [-0.25, -0.2) is 0 Å². The van der Waals surface area contributed by atoms with E-state index in [9.17, 15) is 14.4 Å². The van der Waals surface area contributed by atoms with Gasteiger partial charge in [0.25, 0.3) is 5.91 Å². The number of aldehydes is 1. The van der Waals surface area contributed by atoms with Gasteiger partial charge in [-0.3, -0.25) is 9.59 Å². The predicted molar refractivity (Wildman–Crippen MR) is 67.5 cm³/mol. The third-order valence-electron chi connectivity index (χ3n) is 2.44. The first-order valence-electron chi connectivity index (χ1n) is 4.90. The lowest BCUT2D eigenvalue weighted by Crippen LogP contribution is -2.48. The van der Waals surface area contributed by atoms with Crippen LogP contribution in [0.25, 0.3) is 0 Å². The summed E-state index contributed by atoms with van der Waals surface area (Å²) < 4.78 is 0.216. The number of thioether (sulfide) groups is 1. The molecule has 17 heavy (non-hydrogen) atoms. The number of carbonyl (C=O) groups is 3. The van der Waals surface area contributed by atoms with Crippen LogP contribution in [0.3, 0.4) is 0 Å². The molecule has 92 valence electrons. The summed E-state index contributed by atoms with van der Waals surface area (Å²) in [7, 11) is 0. The van der Waals surface area contributed by atoms with Crippen molar-refractivity contribution in [1.29, 1.82) is 0 Å². The molecular weight excluding hydrogens is 262 g/mol. The molecule has 4 nitrogen and oxygen atoms in total. The molecule has 1 amide bonds. The summed E-state index contributed by atoms with van der Waals surface area (Å²) >= 11 is 6.45. The van der Waals surface area contributed by atoms with Crippen LogP contribution in [0.1, 0.15) is 19.3 Å². The number of hydrogen-bond acceptors (Lipinski definition) is 4. The van der Waals surface area contributed by atoms with Gasteiger partial charge in [-0.1, -0.05) is 36.5 Å². The van der Waals surface area contributed by atoms with Gasteiger partial charge in [-0.2, -0.15) is 0 Å². The Bertz CT molecular complexity index is 408. The summed E-state index contributed by atoms with van der Waals surface area (Å²) in [4.78, 5) is 34.0. The van der Waals surface area contributed by atoms with Crippen molar-refractivity contribution >= 4 is 41.3 Å². The van der Waals surface area contributed by atoms with Gasteiger partial charge in [0, 0.05) is 12.8 Å². The molecular formula is C11H12ClNO3S. The normalized spacial score (nSPS) is 23.2. The van der Waals surface area contributed by atoms with Gasteiger partial charge in [-0.15, -0.1) is 0 Å². The molecule has 1 aliphatic carbocycles. The Kier molecular flexibility index (Phi) is 4.54. The minimum Gasteiger partial charge on any atom is -0.339 e. The van der Waals surface area contributed by atoms with Crippen LogP contribution < -0.4 is 5.32 Å². The van der Waals surface area contributed by atoms with Crippen LogP contribution in [0.2, 0.25) is 0 Å². The van der Waals surface area contributed by atoms with Crippen molar-refractivity contribution in [3.8, 4) is 0 Å². The SMILES string of the molecule is C=C(Cl)SC(=C)C(=O)NC1(C=O)CCC(=O)C1. The molecule has 0 aromatic rings. The van der Waals surface area contributed by atoms with E-state index in [0.29, 0.717) is 19.1 Å². The quantitative estimate of drug-likeness (QED) is 0.612. The molecule has 1 saturated carbocycles. The maximum atomic E-state index is 11.7. The number of amides is 1. The predicted octanol–water partition coefficient (Wildman–Crippen LogP) is 1.75. The van der Waals surface area contributed by atoms with Crippen molar-refractivity contribution in [2.24, 2.45) is 0 Å². The number of rotatable bonds is 5. The topological polar surface area (TPSA) is 63.2 Å². The molecule has 0 saturated heterocycles. The van der Waals surface area contributed by atoms with E-state index in [-0.39, 0.29) is 21.5 Å². The monoisotopic (exact) mass is 273 g/mol. The highest BCUT2D eigenvalue weighted by atomic mass is 35.5. The summed E-state index contributed by atoms with van der Waals surface area (Å²) in [6.45, 7) is 6.95. The minimum atomic E-state index is -1.08. The molecule has 1 aliphatic rings. The lowest BCUT2D eigenvalue weighted by atomic mass is 10.00. The summed E-state index contributed by atoms with van der Waals surface area (Å²) in [5, 5.41) is 2.53. The molecule has 1 atom stereocenters. The Balaban J connectivity index is 2.66. The molecule has 0 aliphatic heterocycles. The fourth-order valence-electron chi connectivity index (χ4n) is 1.60. The first kappa shape index (κ1) is 14.0. The highest BCUT2D eigenvalue weighted by molar-refractivity contribution is 8.08. The maximum absolute atomic E-state index is 11.7. The molecule has 1 fully saturated rings. The van der Waals surface area contributed by atoms with E-state index in [4.69, 9.17) is 11.6 Å². The van der Waals surface area contributed by atoms with Crippen molar-refractivity contribution in [2.75, 3.05) is 0 Å². The minimum absolute atomic E-state index is 0.0302. The molecule has 1 unspecified atom stereocenters. The van der Waals surface area contributed by atoms with Crippen LogP contribution in [-0.4, -0.2) is 23.5 Å². The zero-order valence-corrected chi connectivity index (χ0v) is 10.7. The van der Waals surface area contributed by atoms with Crippen LogP contribution >= 0.6 is 23.4 Å². The summed E-state index contributed by atoms with van der Waals surface area (Å²) in [5.41, 5.74) is -1.08. The molecule has 0 spiro atoms. The van der Waals surface area contributed by atoms with Gasteiger partial charge in [0.2, 0.25) is 0 Å². The van der Waals surface area contributed by atoms with E-state index in [1.807, 2.05) is 0 Å². The largest absolute Gasteiger partial charge is 0.339 e. The Morgan fingerprint density at radius 2 is 2.18 bits per heavy atom. The maximum Gasteiger partial charge on any atom is 0.258 e. The van der Waals surface area contributed by atoms with Crippen molar-refractivity contribution < 1.29 is 14.4 Å². The molecule has 0 heterocycles. The van der Waals surface area contributed by atoms with Crippen LogP contribution in [-0.2, 0) is 14.4 Å². The fraction of sp³-hybridized carbons (Fsp3) is 0.364. The zero-order valence-electron chi connectivity index (χ0n) is 9.12. The molecule has 0 bridgehead atoms. The van der Waals surface area contributed by atoms with E-state index < -0.39 is 11.4 Å². The molecule has 1 rings (SSSR count). The van der Waals surface area contributed by atoms with Gasteiger partial charge in [0.15, 0.2) is 0 Å². The van der Waals surface area contributed by atoms with Gasteiger partial charge in [0.05, 0.1) is 9.27 Å². The van der Waals surface area contributed by atoms with E-state index >= 15 is 0 Å². The zero-order chi connectivity index (χ0) is 13.1. The second kappa shape index (κ2) is 5.51. The second-order valence-electron chi connectivity index (χ2n) is 3.82. The van der Waals surface area contributed by atoms with Crippen molar-refractivity contribution in [2.45, 2.75) is 24.8 Å². The Labute approximate surface area is 108 Å². The summed E-state index contributed by atoms with van der Waals surface area (Å²) in [5.74, 6) is -0.531. The van der Waals surface area contributed by atoms with Crippen LogP contribution in [0, 0.1) is 0 Å². The fourth-order valence-corrected chi connectivity index (χ4v) is 2.29. The lowest BCUT2D eigenvalue weighted by Gasteiger charge is -2.22. The number of carbonyl (C=O) groups excluding carboxylic acids is 3. The van der Waals surface area contributed by atoms with Crippen LogP contribution in [0.5, 0.6) is 0 Å². The molecule has 6 heteroatoms. The van der Waals surface area contributed by atoms with E-state index in [0.717, 1.165) is 11.8 Å². The Morgan fingerprint density at radius 1 is 1.53 bits per heavy atom. The van der Waals surface area contributed by atoms with Gasteiger partial charge in [-0.05, 0) is 6.42 Å². The average Bonchev–Trinajstić information content (AvgIpc) is 2.59. The first-order chi connectivity index (χ1) is 7.88. The number of ketones is 1. The lowest BCUT2D eigenvalue weighted by molar-refractivity contribution is -0.124. The number of hydrogen-bond donors (Lipinski definition) is 1. The third kappa shape index (κ3) is 3.71. The average molecular weight is 274 g/mol. The van der Waals surface area contributed by atoms with Gasteiger partial charge >= 0.3 is 0 Å². The number of halogens is 1. The van der Waals surface area contributed by atoms with E-state index in [1.165, 1.54) is 0 Å². The standard InChI is InChI=1S/C11H12ClNO3S/c1-7(17-8(2)12)10(16)13-11(6-14)4-3-9(15)5-11/h6H,1-5H2,(H,13,16). The van der Waals surface area contributed by atoms with E-state index in [1.54, 1.807) is 0 Å². The van der Waals surface area contributed by atoms with Crippen LogP contribution in [0.15, 0.2) is 22.4 Å². The van der Waals surface area contributed by atoms with Crippen molar-refractivity contribution in [3.63, 3.8) is 0 Å². The second-order valence-corrected chi connectivity index (χ2v) is 5.69. The first-order valence-corrected chi connectivity index (χ1v) is 6.10. The van der Waals surface area contributed by atoms with Gasteiger partial charge in [0.1, 0.15) is 17.6 Å². The molecule has 0 aromatic heterocycles. The molecule has 0 aromatic carbocycles. The smallest absolute Gasteiger partial charge is 0.258 e.